The largest absolute Gasteiger partial charge is 0.457 e. The summed E-state index contributed by atoms with van der Waals surface area (Å²) in [5.41, 5.74) is 11.3. The highest BCUT2D eigenvalue weighted by Crippen LogP contribution is 2.44. The van der Waals surface area contributed by atoms with Crippen LogP contribution in [-0.2, 0) is 24.7 Å². The van der Waals surface area contributed by atoms with Crippen molar-refractivity contribution in [1.82, 2.24) is 19.3 Å². The summed E-state index contributed by atoms with van der Waals surface area (Å²) in [6, 6.07) is 26.2. The van der Waals surface area contributed by atoms with Gasteiger partial charge in [-0.2, -0.15) is 5.10 Å². The van der Waals surface area contributed by atoms with Gasteiger partial charge in [-0.1, -0.05) is 105 Å². The first kappa shape index (κ1) is 36.7. The molecule has 3 aromatic heterocycles. The Morgan fingerprint density at radius 2 is 1.55 bits per heavy atom. The number of hydrogen-bond acceptors (Lipinski definition) is 3. The quantitative estimate of drug-likeness (QED) is 0.126. The van der Waals surface area contributed by atoms with Gasteiger partial charge in [-0.15, -0.1) is 0 Å². The van der Waals surface area contributed by atoms with Crippen molar-refractivity contribution in [3.8, 4) is 23.0 Å². The molecule has 3 aromatic carbocycles. The lowest BCUT2D eigenvalue weighted by atomic mass is 9.72. The van der Waals surface area contributed by atoms with Gasteiger partial charge in [-0.25, -0.2) is 9.67 Å². The molecule has 0 N–H and O–H groups in total. The van der Waals surface area contributed by atoms with Crippen LogP contribution in [0.15, 0.2) is 90.6 Å². The number of pyridine rings is 1. The summed E-state index contributed by atoms with van der Waals surface area (Å²) in [4.78, 5) is 4.86. The van der Waals surface area contributed by atoms with Crippen LogP contribution < -0.4 is 4.74 Å². The maximum atomic E-state index is 6.90. The number of benzene rings is 3. The van der Waals surface area contributed by atoms with Gasteiger partial charge in [0.25, 0.3) is 0 Å². The number of aryl methyl sites for hydroxylation is 2. The second-order valence-electron chi connectivity index (χ2n) is 16.7. The molecule has 0 saturated heterocycles. The van der Waals surface area contributed by atoms with Crippen LogP contribution in [0.1, 0.15) is 122 Å². The number of nitrogens with zero attached hydrogens (tertiary/aromatic N) is 4. The highest BCUT2D eigenvalue weighted by molar-refractivity contribution is 6.09. The van der Waals surface area contributed by atoms with E-state index in [0.29, 0.717) is 17.8 Å². The Balaban J connectivity index is 1.37. The minimum Gasteiger partial charge on any atom is -0.457 e. The molecule has 1 aliphatic rings. The fourth-order valence-corrected chi connectivity index (χ4v) is 8.91. The second kappa shape index (κ2) is 15.0. The van der Waals surface area contributed by atoms with Crippen LogP contribution in [0.5, 0.6) is 11.5 Å². The summed E-state index contributed by atoms with van der Waals surface area (Å²) in [5.74, 6) is 4.16. The molecular formula is C48H58N4O. The number of rotatable bonds is 11. The van der Waals surface area contributed by atoms with Crippen molar-refractivity contribution < 1.29 is 4.74 Å². The molecule has 0 amide bonds. The van der Waals surface area contributed by atoms with Crippen LogP contribution in [0.2, 0.25) is 0 Å². The lowest BCUT2D eigenvalue weighted by Gasteiger charge is -2.33. The third kappa shape index (κ3) is 7.20. The number of aromatic nitrogens is 4. The minimum absolute atomic E-state index is 0.0832. The Kier molecular flexibility index (Phi) is 10.4. The molecule has 0 unspecified atom stereocenters. The minimum atomic E-state index is -0.0832. The van der Waals surface area contributed by atoms with Gasteiger partial charge >= 0.3 is 0 Å². The highest BCUT2D eigenvalue weighted by Gasteiger charge is 2.33. The number of hydrogen-bond donors (Lipinski definition) is 0. The van der Waals surface area contributed by atoms with Gasteiger partial charge in [0.2, 0.25) is 0 Å². The molecule has 1 aliphatic carbocycles. The van der Waals surface area contributed by atoms with Gasteiger partial charge in [0.05, 0.1) is 22.4 Å². The van der Waals surface area contributed by atoms with Crippen LogP contribution in [-0.4, -0.2) is 19.3 Å². The zero-order chi connectivity index (χ0) is 37.4. The van der Waals surface area contributed by atoms with Crippen molar-refractivity contribution >= 4 is 21.8 Å². The molecule has 5 nitrogen and oxygen atoms in total. The summed E-state index contributed by atoms with van der Waals surface area (Å²) in [6.45, 7) is 20.8. The van der Waals surface area contributed by atoms with Gasteiger partial charge in [0, 0.05) is 46.3 Å². The van der Waals surface area contributed by atoms with E-state index < -0.39 is 0 Å². The third-order valence-electron chi connectivity index (χ3n) is 11.2. The van der Waals surface area contributed by atoms with E-state index >= 15 is 0 Å². The van der Waals surface area contributed by atoms with Crippen LogP contribution in [0.3, 0.4) is 0 Å². The average Bonchev–Trinajstić information content (AvgIpc) is 3.63. The Morgan fingerprint density at radius 1 is 0.792 bits per heavy atom. The standard InChI is InChI=1S/C48H58N4O/c1-10-15-34-22-23-49-45(26-34)51-42-19-14-13-18-39(42)40-21-20-37(30-44(40)51)53-38-28-35(48(7,8)9)27-36(29-38)52-43(17-12-3)47(41(50-52)16-11-2)46-32(5)24-31(4)25-33(46)6/h13-14,18-24,26-31,33,46H,10-12,15-17,25H2,1-9H3/t31-,33-,46-/m0/s1. The molecule has 7 rings (SSSR count). The molecule has 0 radical (unpaired) electrons. The number of ether oxygens (including phenoxy) is 1. The van der Waals surface area contributed by atoms with E-state index in [9.17, 15) is 0 Å². The van der Waals surface area contributed by atoms with E-state index in [2.05, 4.69) is 150 Å². The fourth-order valence-electron chi connectivity index (χ4n) is 8.91. The third-order valence-corrected chi connectivity index (χ3v) is 11.2. The smallest absolute Gasteiger partial charge is 0.137 e. The maximum absolute atomic E-state index is 6.90. The van der Waals surface area contributed by atoms with E-state index in [1.807, 2.05) is 6.20 Å². The van der Waals surface area contributed by atoms with Gasteiger partial charge in [-0.05, 0) is 103 Å². The first-order chi connectivity index (χ1) is 25.5. The van der Waals surface area contributed by atoms with E-state index in [4.69, 9.17) is 14.8 Å². The first-order valence-electron chi connectivity index (χ1n) is 20.1. The molecule has 6 aromatic rings. The summed E-state index contributed by atoms with van der Waals surface area (Å²) >= 11 is 0. The average molecular weight is 707 g/mol. The molecule has 0 aliphatic heterocycles. The molecule has 3 heterocycles. The molecule has 3 atom stereocenters. The number of para-hydroxylation sites is 1. The zero-order valence-electron chi connectivity index (χ0n) is 33.5. The van der Waals surface area contributed by atoms with Gasteiger partial charge in [0.15, 0.2) is 0 Å². The van der Waals surface area contributed by atoms with Gasteiger partial charge < -0.3 is 4.74 Å². The van der Waals surface area contributed by atoms with Crippen LogP contribution >= 0.6 is 0 Å². The maximum Gasteiger partial charge on any atom is 0.137 e. The Hall–Kier alpha value is -4.64. The summed E-state index contributed by atoms with van der Waals surface area (Å²) in [5, 5.41) is 7.87. The first-order valence-corrected chi connectivity index (χ1v) is 20.1. The SMILES string of the molecule is CCCc1ccnc(-n2c3ccccc3c3ccc(Oc4cc(-n5nc(CCC)c([C@H]6C(C)=C[C@H](C)C[C@@H]6C)c5CCC)cc(C(C)(C)C)c4)cc32)c1. The molecule has 0 fully saturated rings. The summed E-state index contributed by atoms with van der Waals surface area (Å²) < 4.78 is 11.5. The van der Waals surface area contributed by atoms with E-state index in [-0.39, 0.29) is 5.41 Å². The summed E-state index contributed by atoms with van der Waals surface area (Å²) in [6.07, 6.45) is 11.9. The van der Waals surface area contributed by atoms with Crippen molar-refractivity contribution in [3.05, 3.63) is 119 Å². The molecule has 0 spiro atoms. The lowest BCUT2D eigenvalue weighted by Crippen LogP contribution is -2.21. The Bertz CT molecular complexity index is 2280. The van der Waals surface area contributed by atoms with Crippen molar-refractivity contribution in [2.24, 2.45) is 11.8 Å². The van der Waals surface area contributed by atoms with E-state index in [1.54, 1.807) is 0 Å². The number of fused-ring (bicyclic) bond motifs is 3. The van der Waals surface area contributed by atoms with Crippen molar-refractivity contribution in [1.29, 1.82) is 0 Å². The highest BCUT2D eigenvalue weighted by atomic mass is 16.5. The zero-order valence-corrected chi connectivity index (χ0v) is 33.5. The molecule has 5 heteroatoms. The molecule has 0 bridgehead atoms. The second-order valence-corrected chi connectivity index (χ2v) is 16.7. The normalized spacial score (nSPS) is 17.8. The van der Waals surface area contributed by atoms with Crippen LogP contribution in [0.25, 0.3) is 33.3 Å². The molecule has 0 saturated carbocycles. The summed E-state index contributed by atoms with van der Waals surface area (Å²) in [7, 11) is 0. The van der Waals surface area contributed by atoms with E-state index in [1.165, 1.54) is 50.8 Å². The van der Waals surface area contributed by atoms with Crippen LogP contribution in [0, 0.1) is 11.8 Å². The number of allylic oxidation sites excluding steroid dienone is 2. The van der Waals surface area contributed by atoms with Crippen molar-refractivity contribution in [2.45, 2.75) is 119 Å². The Morgan fingerprint density at radius 3 is 2.28 bits per heavy atom. The van der Waals surface area contributed by atoms with E-state index in [0.717, 1.165) is 72.6 Å². The predicted octanol–water partition coefficient (Wildman–Crippen LogP) is 13.0. The van der Waals surface area contributed by atoms with Crippen molar-refractivity contribution in [2.75, 3.05) is 0 Å². The Labute approximate surface area is 317 Å². The topological polar surface area (TPSA) is 44.9 Å². The monoisotopic (exact) mass is 706 g/mol. The fraction of sp³-hybridized carbons (Fsp3) is 0.417. The van der Waals surface area contributed by atoms with Gasteiger partial charge in [-0.3, -0.25) is 4.57 Å². The molecule has 53 heavy (non-hydrogen) atoms. The van der Waals surface area contributed by atoms with Crippen molar-refractivity contribution in [3.63, 3.8) is 0 Å². The predicted molar refractivity (Wildman–Crippen MR) is 222 cm³/mol. The van der Waals surface area contributed by atoms with Crippen LogP contribution in [0.4, 0.5) is 0 Å². The van der Waals surface area contributed by atoms with Gasteiger partial charge in [0.1, 0.15) is 17.3 Å². The molecular weight excluding hydrogens is 649 g/mol. The lowest BCUT2D eigenvalue weighted by molar-refractivity contribution is 0.389. The molecule has 276 valence electrons.